The summed E-state index contributed by atoms with van der Waals surface area (Å²) < 4.78 is 1.80. The van der Waals surface area contributed by atoms with Crippen LogP contribution in [0.15, 0.2) is 12.4 Å². The number of imidazole rings is 1. The number of aromatic nitrogens is 2. The standard InChI is InChI=1S/C12H18N4O2/c1-4-5-12(2)10(17)16(11(18)14-12)8-9-13-6-7-15(9)3/h6-7H,4-5,8H2,1-3H3,(H,14,18). The molecule has 0 aromatic carbocycles. The van der Waals surface area contributed by atoms with E-state index in [2.05, 4.69) is 10.3 Å². The van der Waals surface area contributed by atoms with Crippen LogP contribution in [0.25, 0.3) is 0 Å². The number of aryl methyl sites for hydroxylation is 1. The number of hydrogen-bond donors (Lipinski definition) is 1. The first-order chi connectivity index (χ1) is 8.48. The molecule has 1 aromatic heterocycles. The minimum Gasteiger partial charge on any atom is -0.337 e. The Morgan fingerprint density at radius 1 is 1.44 bits per heavy atom. The van der Waals surface area contributed by atoms with Crippen molar-refractivity contribution in [2.75, 3.05) is 0 Å². The molecule has 6 heteroatoms. The van der Waals surface area contributed by atoms with E-state index in [4.69, 9.17) is 0 Å². The van der Waals surface area contributed by atoms with Crippen LogP contribution in [0.3, 0.4) is 0 Å². The Hall–Kier alpha value is -1.85. The van der Waals surface area contributed by atoms with Crippen LogP contribution in [0.1, 0.15) is 32.5 Å². The van der Waals surface area contributed by atoms with Crippen molar-refractivity contribution in [1.82, 2.24) is 19.8 Å². The normalized spacial score (nSPS) is 23.6. The van der Waals surface area contributed by atoms with Crippen molar-refractivity contribution >= 4 is 11.9 Å². The second kappa shape index (κ2) is 4.44. The van der Waals surface area contributed by atoms with E-state index >= 15 is 0 Å². The number of nitrogens with one attached hydrogen (secondary N) is 1. The minimum atomic E-state index is -0.767. The Balaban J connectivity index is 2.17. The summed E-state index contributed by atoms with van der Waals surface area (Å²) in [5, 5.41) is 2.76. The van der Waals surface area contributed by atoms with Crippen molar-refractivity contribution in [1.29, 1.82) is 0 Å². The lowest BCUT2D eigenvalue weighted by Gasteiger charge is -2.20. The molecule has 3 amide bonds. The first kappa shape index (κ1) is 12.6. The summed E-state index contributed by atoms with van der Waals surface area (Å²) in [5.41, 5.74) is -0.767. The van der Waals surface area contributed by atoms with Gasteiger partial charge in [0.15, 0.2) is 0 Å². The molecule has 2 rings (SSSR count). The molecule has 1 aromatic rings. The van der Waals surface area contributed by atoms with Crippen molar-refractivity contribution in [3.05, 3.63) is 18.2 Å². The fourth-order valence-corrected chi connectivity index (χ4v) is 2.25. The van der Waals surface area contributed by atoms with Crippen molar-refractivity contribution in [2.24, 2.45) is 7.05 Å². The second-order valence-electron chi connectivity index (χ2n) is 4.86. The quantitative estimate of drug-likeness (QED) is 0.812. The fourth-order valence-electron chi connectivity index (χ4n) is 2.25. The van der Waals surface area contributed by atoms with E-state index in [0.29, 0.717) is 12.2 Å². The third-order valence-corrected chi connectivity index (χ3v) is 3.32. The highest BCUT2D eigenvalue weighted by molar-refractivity contribution is 6.06. The van der Waals surface area contributed by atoms with Crippen LogP contribution < -0.4 is 5.32 Å². The molecule has 1 aliphatic heterocycles. The Kier molecular flexibility index (Phi) is 3.11. The molecule has 1 atom stereocenters. The average molecular weight is 250 g/mol. The fraction of sp³-hybridized carbons (Fsp3) is 0.583. The molecule has 1 unspecified atom stereocenters. The predicted molar refractivity (Wildman–Crippen MR) is 65.6 cm³/mol. The van der Waals surface area contributed by atoms with Gasteiger partial charge in [-0.05, 0) is 13.3 Å². The molecule has 98 valence electrons. The molecule has 1 saturated heterocycles. The second-order valence-corrected chi connectivity index (χ2v) is 4.86. The highest BCUT2D eigenvalue weighted by atomic mass is 16.2. The summed E-state index contributed by atoms with van der Waals surface area (Å²) in [5.74, 6) is 0.525. The molecule has 6 nitrogen and oxygen atoms in total. The van der Waals surface area contributed by atoms with E-state index in [0.717, 1.165) is 6.42 Å². The molecule has 1 fully saturated rings. The zero-order valence-corrected chi connectivity index (χ0v) is 10.9. The molecule has 2 heterocycles. The number of amides is 3. The van der Waals surface area contributed by atoms with Gasteiger partial charge in [0.2, 0.25) is 0 Å². The van der Waals surface area contributed by atoms with Crippen LogP contribution in [-0.2, 0) is 18.4 Å². The largest absolute Gasteiger partial charge is 0.337 e. The van der Waals surface area contributed by atoms with Crippen molar-refractivity contribution in [3.63, 3.8) is 0 Å². The lowest BCUT2D eigenvalue weighted by atomic mass is 9.96. The number of imide groups is 1. The topological polar surface area (TPSA) is 67.2 Å². The van der Waals surface area contributed by atoms with Gasteiger partial charge in [0, 0.05) is 19.4 Å². The van der Waals surface area contributed by atoms with E-state index in [-0.39, 0.29) is 18.5 Å². The van der Waals surface area contributed by atoms with E-state index in [1.165, 1.54) is 4.90 Å². The highest BCUT2D eigenvalue weighted by Gasteiger charge is 2.47. The summed E-state index contributed by atoms with van der Waals surface area (Å²) in [6.45, 7) is 3.98. The van der Waals surface area contributed by atoms with E-state index < -0.39 is 5.54 Å². The molecule has 1 N–H and O–H groups in total. The number of carbonyl (C=O) groups excluding carboxylic acids is 2. The van der Waals surface area contributed by atoms with Gasteiger partial charge in [0.25, 0.3) is 5.91 Å². The molecule has 0 aliphatic carbocycles. The molecule has 0 saturated carbocycles. The first-order valence-electron chi connectivity index (χ1n) is 6.08. The predicted octanol–water partition coefficient (Wildman–Crippen LogP) is 1.03. The number of urea groups is 1. The van der Waals surface area contributed by atoms with Crippen LogP contribution in [0.4, 0.5) is 4.79 Å². The van der Waals surface area contributed by atoms with Gasteiger partial charge in [0.05, 0.1) is 6.54 Å². The smallest absolute Gasteiger partial charge is 0.325 e. The monoisotopic (exact) mass is 250 g/mol. The zero-order chi connectivity index (χ0) is 13.3. The number of rotatable bonds is 4. The molecular weight excluding hydrogens is 232 g/mol. The summed E-state index contributed by atoms with van der Waals surface area (Å²) in [4.78, 5) is 29.5. The summed E-state index contributed by atoms with van der Waals surface area (Å²) in [6, 6.07) is -0.334. The minimum absolute atomic E-state index is 0.169. The van der Waals surface area contributed by atoms with Gasteiger partial charge in [-0.15, -0.1) is 0 Å². The Morgan fingerprint density at radius 2 is 2.17 bits per heavy atom. The van der Waals surface area contributed by atoms with Crippen molar-refractivity contribution in [2.45, 2.75) is 38.8 Å². The van der Waals surface area contributed by atoms with Crippen molar-refractivity contribution < 1.29 is 9.59 Å². The van der Waals surface area contributed by atoms with Crippen LogP contribution >= 0.6 is 0 Å². The molecule has 18 heavy (non-hydrogen) atoms. The third-order valence-electron chi connectivity index (χ3n) is 3.32. The van der Waals surface area contributed by atoms with Gasteiger partial charge >= 0.3 is 6.03 Å². The van der Waals surface area contributed by atoms with Gasteiger partial charge in [-0.25, -0.2) is 9.78 Å². The van der Waals surface area contributed by atoms with Gasteiger partial charge in [0.1, 0.15) is 11.4 Å². The SMILES string of the molecule is CCCC1(C)NC(=O)N(Cc2nccn2C)C1=O. The van der Waals surface area contributed by atoms with Crippen LogP contribution in [0.2, 0.25) is 0 Å². The lowest BCUT2D eigenvalue weighted by Crippen LogP contribution is -2.43. The maximum Gasteiger partial charge on any atom is 0.325 e. The third kappa shape index (κ3) is 1.98. The van der Waals surface area contributed by atoms with E-state index in [9.17, 15) is 9.59 Å². The van der Waals surface area contributed by atoms with Gasteiger partial charge in [-0.3, -0.25) is 9.69 Å². The molecule has 0 spiro atoms. The van der Waals surface area contributed by atoms with Crippen LogP contribution in [-0.4, -0.2) is 31.9 Å². The number of nitrogens with zero attached hydrogens (tertiary/aromatic N) is 3. The van der Waals surface area contributed by atoms with Gasteiger partial charge < -0.3 is 9.88 Å². The van der Waals surface area contributed by atoms with E-state index in [1.807, 2.05) is 14.0 Å². The zero-order valence-electron chi connectivity index (χ0n) is 10.9. The lowest BCUT2D eigenvalue weighted by molar-refractivity contribution is -0.131. The first-order valence-corrected chi connectivity index (χ1v) is 6.08. The Bertz CT molecular complexity index is 482. The number of carbonyl (C=O) groups is 2. The van der Waals surface area contributed by atoms with E-state index in [1.54, 1.807) is 23.9 Å². The highest BCUT2D eigenvalue weighted by Crippen LogP contribution is 2.23. The van der Waals surface area contributed by atoms with Crippen LogP contribution in [0, 0.1) is 0 Å². The number of hydrogen-bond acceptors (Lipinski definition) is 3. The van der Waals surface area contributed by atoms with Crippen molar-refractivity contribution in [3.8, 4) is 0 Å². The summed E-state index contributed by atoms with van der Waals surface area (Å²) in [7, 11) is 1.84. The molecule has 1 aliphatic rings. The average Bonchev–Trinajstić information content (AvgIpc) is 2.78. The van der Waals surface area contributed by atoms with Crippen LogP contribution in [0.5, 0.6) is 0 Å². The molecule has 0 bridgehead atoms. The molecular formula is C12H18N4O2. The summed E-state index contributed by atoms with van der Waals surface area (Å²) >= 11 is 0. The van der Waals surface area contributed by atoms with Gasteiger partial charge in [-0.2, -0.15) is 0 Å². The maximum absolute atomic E-state index is 12.3. The summed E-state index contributed by atoms with van der Waals surface area (Å²) in [6.07, 6.45) is 4.94. The Labute approximate surface area is 106 Å². The molecule has 0 radical (unpaired) electrons. The Morgan fingerprint density at radius 3 is 2.72 bits per heavy atom. The maximum atomic E-state index is 12.3. The van der Waals surface area contributed by atoms with Gasteiger partial charge in [-0.1, -0.05) is 13.3 Å².